The lowest BCUT2D eigenvalue weighted by molar-refractivity contribution is -0.230. The lowest BCUT2D eigenvalue weighted by Crippen LogP contribution is -2.47. The molecular weight excluding hydrogens is 403 g/mol. The molecule has 1 aliphatic rings. The molecular formula is C21H23FN6O3. The lowest BCUT2D eigenvalue weighted by atomic mass is 9.91. The second kappa shape index (κ2) is 8.40. The van der Waals surface area contributed by atoms with Crippen molar-refractivity contribution in [2.45, 2.75) is 13.2 Å². The third kappa shape index (κ3) is 4.12. The van der Waals surface area contributed by atoms with Crippen molar-refractivity contribution in [1.29, 1.82) is 0 Å². The number of amides is 1. The molecule has 162 valence electrons. The summed E-state index contributed by atoms with van der Waals surface area (Å²) in [5, 5.41) is 5.53. The maximum Gasteiger partial charge on any atom is 0.230 e. The van der Waals surface area contributed by atoms with Crippen LogP contribution in [0, 0.1) is 11.2 Å². The third-order valence-electron chi connectivity index (χ3n) is 5.08. The van der Waals surface area contributed by atoms with Gasteiger partial charge in [-0.3, -0.25) is 4.79 Å². The number of carbonyl (C=O) groups is 1. The van der Waals surface area contributed by atoms with Crippen molar-refractivity contribution in [3.05, 3.63) is 48.2 Å². The van der Waals surface area contributed by atoms with Gasteiger partial charge in [-0.05, 0) is 37.3 Å². The summed E-state index contributed by atoms with van der Waals surface area (Å²) < 4.78 is 25.1. The van der Waals surface area contributed by atoms with Gasteiger partial charge in [0.2, 0.25) is 18.1 Å². The summed E-state index contributed by atoms with van der Waals surface area (Å²) in [6.07, 6.45) is 0.849. The predicted molar refractivity (Wildman–Crippen MR) is 111 cm³/mol. The maximum absolute atomic E-state index is 13.5. The first kappa shape index (κ1) is 20.9. The largest absolute Gasteiger partial charge is 0.359 e. The number of rotatable bonds is 5. The van der Waals surface area contributed by atoms with E-state index < -0.39 is 11.7 Å². The molecule has 3 aromatic rings. The van der Waals surface area contributed by atoms with Gasteiger partial charge < -0.3 is 25.1 Å². The third-order valence-corrected chi connectivity index (χ3v) is 5.08. The summed E-state index contributed by atoms with van der Waals surface area (Å²) in [5.41, 5.74) is 1.71. The minimum absolute atomic E-state index is 0.154. The molecule has 0 atom stereocenters. The van der Waals surface area contributed by atoms with Crippen LogP contribution >= 0.6 is 0 Å². The first-order chi connectivity index (χ1) is 14.9. The Hall–Kier alpha value is -3.37. The average Bonchev–Trinajstić information content (AvgIpc) is 3.25. The Balaban J connectivity index is 1.70. The van der Waals surface area contributed by atoms with Crippen molar-refractivity contribution in [2.24, 2.45) is 5.41 Å². The number of ether oxygens (including phenoxy) is 2. The number of hydrogen-bond donors (Lipinski definition) is 3. The SMILES string of the molecule is CNC(=O)C1(C)COC(c2nc(-c3ccc(F)cc3)c(-c3ccnc(NC)n3)[nH]2)OC1. The molecule has 31 heavy (non-hydrogen) atoms. The molecule has 3 heterocycles. The predicted octanol–water partition coefficient (Wildman–Crippen LogP) is 2.51. The fraction of sp³-hybridized carbons (Fsp3) is 0.333. The van der Waals surface area contributed by atoms with Crippen LogP contribution in [0.2, 0.25) is 0 Å². The van der Waals surface area contributed by atoms with Crippen molar-refractivity contribution >= 4 is 11.9 Å². The van der Waals surface area contributed by atoms with Gasteiger partial charge in [-0.25, -0.2) is 19.3 Å². The van der Waals surface area contributed by atoms with Gasteiger partial charge in [0.15, 0.2) is 5.82 Å². The number of anilines is 1. The number of H-pyrrole nitrogens is 1. The molecule has 1 aromatic carbocycles. The summed E-state index contributed by atoms with van der Waals surface area (Å²) >= 11 is 0. The van der Waals surface area contributed by atoms with E-state index in [9.17, 15) is 9.18 Å². The van der Waals surface area contributed by atoms with E-state index in [2.05, 4.69) is 30.6 Å². The number of imidazole rings is 1. The molecule has 3 N–H and O–H groups in total. The summed E-state index contributed by atoms with van der Waals surface area (Å²) in [6, 6.07) is 7.77. The van der Waals surface area contributed by atoms with Crippen molar-refractivity contribution in [3.63, 3.8) is 0 Å². The molecule has 1 aliphatic heterocycles. The Morgan fingerprint density at radius 3 is 2.52 bits per heavy atom. The quantitative estimate of drug-likeness (QED) is 0.574. The Labute approximate surface area is 178 Å². The van der Waals surface area contributed by atoms with Crippen LogP contribution in [0.3, 0.4) is 0 Å². The van der Waals surface area contributed by atoms with Crippen LogP contribution in [0.15, 0.2) is 36.5 Å². The van der Waals surface area contributed by atoms with Gasteiger partial charge in [0.05, 0.1) is 35.7 Å². The van der Waals surface area contributed by atoms with E-state index in [-0.39, 0.29) is 24.9 Å². The molecule has 4 rings (SSSR count). The van der Waals surface area contributed by atoms with Crippen LogP contribution in [0.1, 0.15) is 19.0 Å². The van der Waals surface area contributed by atoms with Crippen LogP contribution in [0.25, 0.3) is 22.6 Å². The Kier molecular flexibility index (Phi) is 5.66. The van der Waals surface area contributed by atoms with E-state index in [1.54, 1.807) is 45.4 Å². The zero-order valence-electron chi connectivity index (χ0n) is 17.4. The van der Waals surface area contributed by atoms with E-state index >= 15 is 0 Å². The van der Waals surface area contributed by atoms with Crippen LogP contribution in [0.5, 0.6) is 0 Å². The number of aromatic nitrogens is 4. The molecule has 2 aromatic heterocycles. The molecule has 1 amide bonds. The topological polar surface area (TPSA) is 114 Å². The second-order valence-electron chi connectivity index (χ2n) is 7.46. The summed E-state index contributed by atoms with van der Waals surface area (Å²) in [7, 11) is 3.31. The fourth-order valence-corrected chi connectivity index (χ4v) is 3.32. The maximum atomic E-state index is 13.5. The van der Waals surface area contributed by atoms with E-state index in [4.69, 9.17) is 9.47 Å². The number of hydrogen-bond acceptors (Lipinski definition) is 7. The number of benzene rings is 1. The second-order valence-corrected chi connectivity index (χ2v) is 7.46. The van der Waals surface area contributed by atoms with E-state index in [0.29, 0.717) is 34.4 Å². The van der Waals surface area contributed by atoms with Crippen LogP contribution in [-0.2, 0) is 14.3 Å². The van der Waals surface area contributed by atoms with Gasteiger partial charge in [-0.15, -0.1) is 0 Å². The fourth-order valence-electron chi connectivity index (χ4n) is 3.32. The van der Waals surface area contributed by atoms with Crippen molar-refractivity contribution in [2.75, 3.05) is 32.6 Å². The minimum Gasteiger partial charge on any atom is -0.359 e. The van der Waals surface area contributed by atoms with E-state index in [0.717, 1.165) is 0 Å². The molecule has 1 saturated heterocycles. The molecule has 0 radical (unpaired) electrons. The summed E-state index contributed by atoms with van der Waals surface area (Å²) in [5.74, 6) is 0.384. The highest BCUT2D eigenvalue weighted by atomic mass is 19.1. The molecule has 0 saturated carbocycles. The monoisotopic (exact) mass is 426 g/mol. The van der Waals surface area contributed by atoms with Gasteiger partial charge in [0.1, 0.15) is 5.82 Å². The molecule has 0 bridgehead atoms. The zero-order chi connectivity index (χ0) is 22.0. The Morgan fingerprint density at radius 1 is 1.16 bits per heavy atom. The van der Waals surface area contributed by atoms with Gasteiger partial charge in [-0.1, -0.05) is 0 Å². The standard InChI is InChI=1S/C21H23FN6O3/c1-21(19(29)23-2)10-30-18(31-11-21)17-27-15(12-4-6-13(22)7-5-12)16(28-17)14-8-9-25-20(24-3)26-14/h4-9,18H,10-11H2,1-3H3,(H,23,29)(H,27,28)(H,24,25,26). The van der Waals surface area contributed by atoms with Gasteiger partial charge in [0.25, 0.3) is 0 Å². The molecule has 0 spiro atoms. The Morgan fingerprint density at radius 2 is 1.87 bits per heavy atom. The number of carbonyl (C=O) groups excluding carboxylic acids is 1. The molecule has 10 heteroatoms. The van der Waals surface area contributed by atoms with Crippen LogP contribution in [0.4, 0.5) is 10.3 Å². The normalized spacial score (nSPS) is 21.0. The summed E-state index contributed by atoms with van der Waals surface area (Å²) in [6.45, 7) is 2.13. The van der Waals surface area contributed by atoms with Crippen molar-refractivity contribution < 1.29 is 18.7 Å². The first-order valence-corrected chi connectivity index (χ1v) is 9.76. The van der Waals surface area contributed by atoms with Gasteiger partial charge in [-0.2, -0.15) is 0 Å². The highest BCUT2D eigenvalue weighted by molar-refractivity contribution is 5.82. The Bertz CT molecular complexity index is 1080. The number of nitrogens with zero attached hydrogens (tertiary/aromatic N) is 3. The van der Waals surface area contributed by atoms with E-state index in [1.165, 1.54) is 12.1 Å². The smallest absolute Gasteiger partial charge is 0.230 e. The molecule has 0 unspecified atom stereocenters. The highest BCUT2D eigenvalue weighted by Crippen LogP contribution is 2.35. The van der Waals surface area contributed by atoms with Crippen LogP contribution in [-0.4, -0.2) is 53.2 Å². The average molecular weight is 426 g/mol. The van der Waals surface area contributed by atoms with Crippen LogP contribution < -0.4 is 10.6 Å². The highest BCUT2D eigenvalue weighted by Gasteiger charge is 2.40. The van der Waals surface area contributed by atoms with Crippen molar-refractivity contribution in [1.82, 2.24) is 25.3 Å². The van der Waals surface area contributed by atoms with Gasteiger partial charge in [0, 0.05) is 25.9 Å². The zero-order valence-corrected chi connectivity index (χ0v) is 17.4. The molecule has 9 nitrogen and oxygen atoms in total. The van der Waals surface area contributed by atoms with Gasteiger partial charge >= 0.3 is 0 Å². The minimum atomic E-state index is -0.783. The first-order valence-electron chi connectivity index (χ1n) is 9.76. The number of aromatic amines is 1. The number of nitrogens with one attached hydrogen (secondary N) is 3. The number of halogens is 1. The molecule has 0 aliphatic carbocycles. The lowest BCUT2D eigenvalue weighted by Gasteiger charge is -2.34. The summed E-state index contributed by atoms with van der Waals surface area (Å²) in [4.78, 5) is 28.6. The van der Waals surface area contributed by atoms with E-state index in [1.807, 2.05) is 0 Å². The molecule has 1 fully saturated rings. The van der Waals surface area contributed by atoms with Crippen molar-refractivity contribution in [3.8, 4) is 22.6 Å².